The Bertz CT molecular complexity index is 875. The van der Waals surface area contributed by atoms with Crippen molar-refractivity contribution >= 4 is 17.9 Å². The number of rotatable bonds is 5. The zero-order valence-electron chi connectivity index (χ0n) is 13.3. The van der Waals surface area contributed by atoms with Gasteiger partial charge in [0.15, 0.2) is 6.61 Å². The van der Waals surface area contributed by atoms with E-state index >= 15 is 0 Å². The van der Waals surface area contributed by atoms with Crippen LogP contribution < -0.4 is 5.32 Å². The second-order valence-electron chi connectivity index (χ2n) is 5.09. The third-order valence-electron chi connectivity index (χ3n) is 3.17. The van der Waals surface area contributed by atoms with Gasteiger partial charge >= 0.3 is 12.0 Å². The van der Waals surface area contributed by atoms with Crippen LogP contribution in [-0.4, -0.2) is 33.7 Å². The normalized spacial score (nSPS) is 10.3. The SMILES string of the molecule is Cc1ccc(C(=O)OCC(=O)Nc2nnc(-c3ccccc3)o2)cn1. The molecule has 0 radical (unpaired) electrons. The molecule has 25 heavy (non-hydrogen) atoms. The number of pyridine rings is 1. The van der Waals surface area contributed by atoms with Crippen LogP contribution in [0.25, 0.3) is 11.5 Å². The molecular formula is C17H14N4O4. The zero-order chi connectivity index (χ0) is 17.6. The van der Waals surface area contributed by atoms with Crippen molar-refractivity contribution in [3.8, 4) is 11.5 Å². The predicted molar refractivity (Wildman–Crippen MR) is 87.6 cm³/mol. The largest absolute Gasteiger partial charge is 0.452 e. The molecule has 2 aromatic heterocycles. The number of anilines is 1. The molecule has 2 heterocycles. The van der Waals surface area contributed by atoms with Crippen molar-refractivity contribution in [1.29, 1.82) is 0 Å². The summed E-state index contributed by atoms with van der Waals surface area (Å²) in [6.07, 6.45) is 1.39. The van der Waals surface area contributed by atoms with Crippen molar-refractivity contribution < 1.29 is 18.7 Å². The first-order valence-corrected chi connectivity index (χ1v) is 7.40. The van der Waals surface area contributed by atoms with Crippen molar-refractivity contribution in [2.24, 2.45) is 0 Å². The smallest absolute Gasteiger partial charge is 0.340 e. The van der Waals surface area contributed by atoms with Crippen molar-refractivity contribution in [2.45, 2.75) is 6.92 Å². The van der Waals surface area contributed by atoms with Gasteiger partial charge in [0.1, 0.15) is 0 Å². The van der Waals surface area contributed by atoms with Gasteiger partial charge in [-0.1, -0.05) is 23.3 Å². The van der Waals surface area contributed by atoms with Gasteiger partial charge in [0.25, 0.3) is 5.91 Å². The summed E-state index contributed by atoms with van der Waals surface area (Å²) in [6, 6.07) is 12.3. The number of benzene rings is 1. The molecule has 3 rings (SSSR count). The van der Waals surface area contributed by atoms with E-state index in [-0.39, 0.29) is 17.5 Å². The summed E-state index contributed by atoms with van der Waals surface area (Å²) in [7, 11) is 0. The molecule has 3 aromatic rings. The maximum Gasteiger partial charge on any atom is 0.340 e. The van der Waals surface area contributed by atoms with Gasteiger partial charge in [-0.05, 0) is 31.2 Å². The molecule has 126 valence electrons. The fourth-order valence-electron chi connectivity index (χ4n) is 1.93. The maximum absolute atomic E-state index is 11.8. The van der Waals surface area contributed by atoms with Crippen LogP contribution in [0.4, 0.5) is 6.01 Å². The standard InChI is InChI=1S/C17H14N4O4/c1-11-7-8-13(9-18-11)16(23)24-10-14(22)19-17-21-20-15(25-17)12-5-3-2-4-6-12/h2-9H,10H2,1H3,(H,19,21,22). The number of carbonyl (C=O) groups is 2. The first-order valence-electron chi connectivity index (χ1n) is 7.40. The van der Waals surface area contributed by atoms with Gasteiger partial charge in [-0.3, -0.25) is 15.1 Å². The van der Waals surface area contributed by atoms with Crippen LogP contribution in [0.15, 0.2) is 53.1 Å². The lowest BCUT2D eigenvalue weighted by atomic mass is 10.2. The number of aryl methyl sites for hydroxylation is 1. The summed E-state index contributed by atoms with van der Waals surface area (Å²) in [4.78, 5) is 27.6. The van der Waals surface area contributed by atoms with Crippen molar-refractivity contribution in [3.05, 3.63) is 59.9 Å². The molecule has 1 N–H and O–H groups in total. The van der Waals surface area contributed by atoms with Gasteiger partial charge in [-0.15, -0.1) is 5.10 Å². The summed E-state index contributed by atoms with van der Waals surface area (Å²) >= 11 is 0. The van der Waals surface area contributed by atoms with Gasteiger partial charge in [0.2, 0.25) is 5.89 Å². The Hall–Kier alpha value is -3.55. The predicted octanol–water partition coefficient (Wildman–Crippen LogP) is 2.24. The number of amides is 1. The van der Waals surface area contributed by atoms with Gasteiger partial charge in [0.05, 0.1) is 5.56 Å². The lowest BCUT2D eigenvalue weighted by Gasteiger charge is -2.04. The number of aromatic nitrogens is 3. The maximum atomic E-state index is 11.8. The molecule has 1 aromatic carbocycles. The van der Waals surface area contributed by atoms with Crippen LogP contribution in [0.3, 0.4) is 0 Å². The molecule has 1 amide bonds. The second kappa shape index (κ2) is 7.35. The lowest BCUT2D eigenvalue weighted by molar-refractivity contribution is -0.119. The van der Waals surface area contributed by atoms with Crippen molar-refractivity contribution in [2.75, 3.05) is 11.9 Å². The summed E-state index contributed by atoms with van der Waals surface area (Å²) in [6.45, 7) is 1.33. The second-order valence-corrected chi connectivity index (χ2v) is 5.09. The molecule has 0 aliphatic rings. The van der Waals surface area contributed by atoms with Crippen LogP contribution in [0, 0.1) is 6.92 Å². The zero-order valence-corrected chi connectivity index (χ0v) is 13.3. The molecule has 0 saturated carbocycles. The number of carbonyl (C=O) groups excluding carboxylic acids is 2. The molecule has 0 aliphatic heterocycles. The van der Waals surface area contributed by atoms with E-state index in [1.54, 1.807) is 31.2 Å². The molecule has 0 atom stereocenters. The lowest BCUT2D eigenvalue weighted by Crippen LogP contribution is -2.21. The van der Waals surface area contributed by atoms with Crippen molar-refractivity contribution in [3.63, 3.8) is 0 Å². The van der Waals surface area contributed by atoms with E-state index in [0.717, 1.165) is 11.3 Å². The van der Waals surface area contributed by atoms with Gasteiger partial charge < -0.3 is 9.15 Å². The Kier molecular flexibility index (Phi) is 4.79. The number of esters is 1. The third kappa shape index (κ3) is 4.25. The number of hydrogen-bond acceptors (Lipinski definition) is 7. The van der Waals surface area contributed by atoms with E-state index in [0.29, 0.717) is 0 Å². The van der Waals surface area contributed by atoms with E-state index in [9.17, 15) is 9.59 Å². The van der Waals surface area contributed by atoms with Crippen molar-refractivity contribution in [1.82, 2.24) is 15.2 Å². The number of ether oxygens (including phenoxy) is 1. The highest BCUT2D eigenvalue weighted by Gasteiger charge is 2.14. The van der Waals surface area contributed by atoms with Crippen LogP contribution in [-0.2, 0) is 9.53 Å². The first-order chi connectivity index (χ1) is 12.1. The minimum atomic E-state index is -0.641. The Morgan fingerprint density at radius 1 is 1.12 bits per heavy atom. The average Bonchev–Trinajstić information content (AvgIpc) is 3.09. The molecule has 8 nitrogen and oxygen atoms in total. The first kappa shape index (κ1) is 16.3. The minimum Gasteiger partial charge on any atom is -0.452 e. The fourth-order valence-corrected chi connectivity index (χ4v) is 1.93. The molecule has 0 spiro atoms. The van der Waals surface area contributed by atoms with Crippen LogP contribution >= 0.6 is 0 Å². The highest BCUT2D eigenvalue weighted by Crippen LogP contribution is 2.18. The summed E-state index contributed by atoms with van der Waals surface area (Å²) in [5, 5.41) is 9.95. The Balaban J connectivity index is 1.54. The van der Waals surface area contributed by atoms with Gasteiger partial charge in [0, 0.05) is 17.5 Å². The molecule has 0 bridgehead atoms. The van der Waals surface area contributed by atoms with E-state index in [1.165, 1.54) is 6.20 Å². The molecule has 0 aliphatic carbocycles. The van der Waals surface area contributed by atoms with Crippen LogP contribution in [0.1, 0.15) is 16.1 Å². The quantitative estimate of drug-likeness (QED) is 0.711. The number of nitrogens with one attached hydrogen (secondary N) is 1. The summed E-state index contributed by atoms with van der Waals surface area (Å²) in [5.41, 5.74) is 1.77. The molecule has 0 fully saturated rings. The highest BCUT2D eigenvalue weighted by molar-refractivity contribution is 5.94. The number of hydrogen-bond donors (Lipinski definition) is 1. The highest BCUT2D eigenvalue weighted by atomic mass is 16.5. The monoisotopic (exact) mass is 338 g/mol. The van der Waals surface area contributed by atoms with Gasteiger partial charge in [-0.25, -0.2) is 4.79 Å². The van der Waals surface area contributed by atoms with Crippen LogP contribution in [0.5, 0.6) is 0 Å². The fraction of sp³-hybridized carbons (Fsp3) is 0.118. The molecule has 0 saturated heterocycles. The van der Waals surface area contributed by atoms with Gasteiger partial charge in [-0.2, -0.15) is 0 Å². The van der Waals surface area contributed by atoms with E-state index in [1.807, 2.05) is 18.2 Å². The average molecular weight is 338 g/mol. The minimum absolute atomic E-state index is 0.0723. The Morgan fingerprint density at radius 3 is 2.64 bits per heavy atom. The Labute approximate surface area is 142 Å². The van der Waals surface area contributed by atoms with E-state index in [4.69, 9.17) is 9.15 Å². The van der Waals surface area contributed by atoms with Crippen LogP contribution in [0.2, 0.25) is 0 Å². The van der Waals surface area contributed by atoms with E-state index < -0.39 is 18.5 Å². The topological polar surface area (TPSA) is 107 Å². The summed E-state index contributed by atoms with van der Waals surface area (Å²) in [5.74, 6) is -0.950. The third-order valence-corrected chi connectivity index (χ3v) is 3.17. The summed E-state index contributed by atoms with van der Waals surface area (Å²) < 4.78 is 10.3. The number of nitrogens with zero attached hydrogens (tertiary/aromatic N) is 3. The van der Waals surface area contributed by atoms with E-state index in [2.05, 4.69) is 20.5 Å². The molecule has 8 heteroatoms. The molecular weight excluding hydrogens is 324 g/mol. The Morgan fingerprint density at radius 2 is 1.92 bits per heavy atom. The molecule has 0 unspecified atom stereocenters.